The Kier molecular flexibility index (Phi) is 3.91. The van der Waals surface area contributed by atoms with Gasteiger partial charge in [-0.1, -0.05) is 17.3 Å². The molecule has 0 saturated carbocycles. The quantitative estimate of drug-likeness (QED) is 0.935. The monoisotopic (exact) mass is 322 g/mol. The van der Waals surface area contributed by atoms with E-state index in [1.54, 1.807) is 0 Å². The molecule has 19 heavy (non-hydrogen) atoms. The molecular formula is C13H15BrN4O. The second-order valence-electron chi connectivity index (χ2n) is 4.52. The first-order valence-corrected chi connectivity index (χ1v) is 7.13. The molecule has 1 aliphatic heterocycles. The van der Waals surface area contributed by atoms with Gasteiger partial charge >= 0.3 is 0 Å². The summed E-state index contributed by atoms with van der Waals surface area (Å²) in [6.45, 7) is 4.84. The lowest BCUT2D eigenvalue weighted by Crippen LogP contribution is -2.43. The number of hydrogen-bond donors (Lipinski definition) is 1. The van der Waals surface area contributed by atoms with Gasteiger partial charge in [0, 0.05) is 30.7 Å². The molecule has 6 heteroatoms. The van der Waals surface area contributed by atoms with Crippen LogP contribution in [0.4, 0.5) is 0 Å². The fraction of sp³-hybridized carbons (Fsp3) is 0.385. The molecule has 100 valence electrons. The molecule has 2 heterocycles. The third-order valence-corrected chi connectivity index (χ3v) is 3.84. The summed E-state index contributed by atoms with van der Waals surface area (Å²) < 4.78 is 6.30. The molecule has 0 spiro atoms. The largest absolute Gasteiger partial charge is 0.334 e. The minimum absolute atomic E-state index is 0.567. The molecule has 0 aliphatic carbocycles. The van der Waals surface area contributed by atoms with Gasteiger partial charge in [-0.25, -0.2) is 0 Å². The summed E-state index contributed by atoms with van der Waals surface area (Å²) in [5.74, 6) is 1.31. The van der Waals surface area contributed by atoms with Crippen LogP contribution in [0, 0.1) is 0 Å². The first kappa shape index (κ1) is 12.8. The predicted molar refractivity (Wildman–Crippen MR) is 75.6 cm³/mol. The summed E-state index contributed by atoms with van der Waals surface area (Å²) in [5, 5.41) is 7.39. The molecule has 1 saturated heterocycles. The average Bonchev–Trinajstić information content (AvgIpc) is 2.89. The number of piperazine rings is 1. The van der Waals surface area contributed by atoms with Crippen LogP contribution in [0.1, 0.15) is 5.82 Å². The average molecular weight is 323 g/mol. The van der Waals surface area contributed by atoms with Crippen molar-refractivity contribution in [3.05, 3.63) is 34.6 Å². The Bertz CT molecular complexity index is 551. The number of benzene rings is 1. The number of aromatic nitrogens is 2. The Morgan fingerprint density at radius 1 is 1.26 bits per heavy atom. The van der Waals surface area contributed by atoms with Gasteiger partial charge in [0.1, 0.15) is 0 Å². The van der Waals surface area contributed by atoms with Gasteiger partial charge in [-0.3, -0.25) is 4.90 Å². The molecule has 1 N–H and O–H groups in total. The zero-order valence-corrected chi connectivity index (χ0v) is 12.1. The van der Waals surface area contributed by atoms with Gasteiger partial charge in [0.2, 0.25) is 0 Å². The molecule has 1 fully saturated rings. The van der Waals surface area contributed by atoms with Crippen LogP contribution >= 0.6 is 15.9 Å². The van der Waals surface area contributed by atoms with E-state index in [1.807, 2.05) is 24.3 Å². The van der Waals surface area contributed by atoms with Gasteiger partial charge in [0.25, 0.3) is 5.89 Å². The Balaban J connectivity index is 1.74. The highest BCUT2D eigenvalue weighted by Crippen LogP contribution is 2.26. The molecule has 0 amide bonds. The van der Waals surface area contributed by atoms with Gasteiger partial charge < -0.3 is 9.84 Å². The van der Waals surface area contributed by atoms with Gasteiger partial charge in [-0.2, -0.15) is 4.98 Å². The summed E-state index contributed by atoms with van der Waals surface area (Å²) in [5.41, 5.74) is 0.932. The van der Waals surface area contributed by atoms with E-state index >= 15 is 0 Å². The highest BCUT2D eigenvalue weighted by Gasteiger charge is 2.15. The smallest absolute Gasteiger partial charge is 0.259 e. The van der Waals surface area contributed by atoms with Crippen LogP contribution in [0.2, 0.25) is 0 Å². The van der Waals surface area contributed by atoms with E-state index in [0.29, 0.717) is 5.89 Å². The summed E-state index contributed by atoms with van der Waals surface area (Å²) in [4.78, 5) is 6.79. The van der Waals surface area contributed by atoms with E-state index in [0.717, 1.165) is 48.6 Å². The first-order chi connectivity index (χ1) is 9.33. The third kappa shape index (κ3) is 3.02. The Morgan fingerprint density at radius 3 is 2.84 bits per heavy atom. The van der Waals surface area contributed by atoms with E-state index in [1.165, 1.54) is 0 Å². The lowest BCUT2D eigenvalue weighted by Gasteiger charge is -2.25. The van der Waals surface area contributed by atoms with E-state index in [2.05, 4.69) is 36.3 Å². The molecular weight excluding hydrogens is 308 g/mol. The maximum Gasteiger partial charge on any atom is 0.259 e. The number of nitrogens with one attached hydrogen (secondary N) is 1. The van der Waals surface area contributed by atoms with Crippen molar-refractivity contribution in [3.8, 4) is 11.5 Å². The first-order valence-electron chi connectivity index (χ1n) is 6.33. The van der Waals surface area contributed by atoms with Crippen LogP contribution in [0.3, 0.4) is 0 Å². The lowest BCUT2D eigenvalue weighted by atomic mass is 10.2. The Morgan fingerprint density at radius 2 is 2.05 bits per heavy atom. The maximum atomic E-state index is 5.34. The third-order valence-electron chi connectivity index (χ3n) is 3.15. The molecule has 1 aromatic heterocycles. The lowest BCUT2D eigenvalue weighted by molar-refractivity contribution is 0.225. The van der Waals surface area contributed by atoms with Crippen molar-refractivity contribution < 1.29 is 4.52 Å². The fourth-order valence-corrected chi connectivity index (χ4v) is 2.59. The summed E-state index contributed by atoms with van der Waals surface area (Å²) in [7, 11) is 0. The number of nitrogens with zero attached hydrogens (tertiary/aromatic N) is 3. The second kappa shape index (κ2) is 5.81. The minimum Gasteiger partial charge on any atom is -0.334 e. The van der Waals surface area contributed by atoms with Gasteiger partial charge in [-0.15, -0.1) is 0 Å². The molecule has 0 radical (unpaired) electrons. The molecule has 1 aromatic carbocycles. The number of halogens is 1. The molecule has 0 unspecified atom stereocenters. The highest BCUT2D eigenvalue weighted by molar-refractivity contribution is 9.10. The van der Waals surface area contributed by atoms with Crippen molar-refractivity contribution in [2.45, 2.75) is 6.54 Å². The van der Waals surface area contributed by atoms with Gasteiger partial charge in [0.15, 0.2) is 5.82 Å². The summed E-state index contributed by atoms with van der Waals surface area (Å²) in [6.07, 6.45) is 0. The predicted octanol–water partition coefficient (Wildman–Crippen LogP) is 1.90. The van der Waals surface area contributed by atoms with Crippen LogP contribution in [-0.2, 0) is 6.54 Å². The van der Waals surface area contributed by atoms with E-state index in [4.69, 9.17) is 4.52 Å². The van der Waals surface area contributed by atoms with Crippen molar-refractivity contribution in [1.29, 1.82) is 0 Å². The maximum absolute atomic E-state index is 5.34. The van der Waals surface area contributed by atoms with E-state index in [-0.39, 0.29) is 0 Å². The van der Waals surface area contributed by atoms with Crippen LogP contribution in [0.25, 0.3) is 11.5 Å². The Labute approximate surface area is 120 Å². The molecule has 0 atom stereocenters. The van der Waals surface area contributed by atoms with E-state index < -0.39 is 0 Å². The highest BCUT2D eigenvalue weighted by atomic mass is 79.9. The molecule has 3 rings (SSSR count). The van der Waals surface area contributed by atoms with Crippen LogP contribution in [0.5, 0.6) is 0 Å². The standard InChI is InChI=1S/C13H15BrN4O/c14-11-4-2-1-3-10(11)13-16-12(17-19-13)9-18-7-5-15-6-8-18/h1-4,15H,5-9H2. The van der Waals surface area contributed by atoms with Crippen molar-refractivity contribution in [2.24, 2.45) is 0 Å². The zero-order valence-electron chi connectivity index (χ0n) is 10.5. The van der Waals surface area contributed by atoms with Crippen molar-refractivity contribution >= 4 is 15.9 Å². The molecule has 2 aromatic rings. The van der Waals surface area contributed by atoms with Crippen LogP contribution in [-0.4, -0.2) is 41.2 Å². The number of rotatable bonds is 3. The second-order valence-corrected chi connectivity index (χ2v) is 5.38. The van der Waals surface area contributed by atoms with Crippen molar-refractivity contribution in [1.82, 2.24) is 20.4 Å². The summed E-state index contributed by atoms with van der Waals surface area (Å²) in [6, 6.07) is 7.85. The van der Waals surface area contributed by atoms with Crippen molar-refractivity contribution in [2.75, 3.05) is 26.2 Å². The summed E-state index contributed by atoms with van der Waals surface area (Å²) >= 11 is 3.49. The molecule has 0 bridgehead atoms. The van der Waals surface area contributed by atoms with E-state index in [9.17, 15) is 0 Å². The van der Waals surface area contributed by atoms with Gasteiger partial charge in [0.05, 0.1) is 12.1 Å². The fourth-order valence-electron chi connectivity index (χ4n) is 2.13. The van der Waals surface area contributed by atoms with Gasteiger partial charge in [-0.05, 0) is 28.1 Å². The minimum atomic E-state index is 0.567. The van der Waals surface area contributed by atoms with Crippen LogP contribution in [0.15, 0.2) is 33.3 Å². The van der Waals surface area contributed by atoms with Crippen molar-refractivity contribution in [3.63, 3.8) is 0 Å². The number of hydrogen-bond acceptors (Lipinski definition) is 5. The topological polar surface area (TPSA) is 54.2 Å². The normalized spacial score (nSPS) is 16.7. The molecule has 5 nitrogen and oxygen atoms in total. The zero-order chi connectivity index (χ0) is 13.1. The molecule has 1 aliphatic rings. The Hall–Kier alpha value is -1.24. The van der Waals surface area contributed by atoms with Crippen LogP contribution < -0.4 is 5.32 Å². The SMILES string of the molecule is Brc1ccccc1-c1nc(CN2CCNCC2)no1.